The number of aromatic nitrogens is 1. The van der Waals surface area contributed by atoms with Crippen LogP contribution < -0.4 is 10.1 Å². The van der Waals surface area contributed by atoms with Crippen LogP contribution in [0.1, 0.15) is 33.8 Å². The lowest BCUT2D eigenvalue weighted by Gasteiger charge is -2.14. The van der Waals surface area contributed by atoms with E-state index in [2.05, 4.69) is 10.3 Å². The summed E-state index contributed by atoms with van der Waals surface area (Å²) in [4.78, 5) is 29.0. The maximum absolute atomic E-state index is 13.3. The van der Waals surface area contributed by atoms with Crippen LogP contribution in [0.4, 0.5) is 5.69 Å². The van der Waals surface area contributed by atoms with Crippen molar-refractivity contribution in [1.82, 2.24) is 4.98 Å². The van der Waals surface area contributed by atoms with Gasteiger partial charge in [0.15, 0.2) is 22.0 Å². The molecule has 230 valence electrons. The van der Waals surface area contributed by atoms with Crippen molar-refractivity contribution < 1.29 is 32.3 Å². The van der Waals surface area contributed by atoms with Gasteiger partial charge in [-0.25, -0.2) is 18.2 Å². The van der Waals surface area contributed by atoms with Crippen molar-refractivity contribution in [3.05, 3.63) is 118 Å². The Hall–Kier alpha value is -4.64. The highest BCUT2D eigenvalue weighted by atomic mass is 35.5. The number of nitrogens with one attached hydrogen (secondary N) is 1. The number of rotatable bonds is 12. The number of fused-ring (bicyclic) bond motifs is 1. The first-order valence-electron chi connectivity index (χ1n) is 13.7. The molecule has 1 amide bonds. The van der Waals surface area contributed by atoms with Crippen LogP contribution in [0.15, 0.2) is 94.2 Å². The summed E-state index contributed by atoms with van der Waals surface area (Å²) in [6.45, 7) is -0.607. The minimum Gasteiger partial charge on any atom is -0.480 e. The molecule has 0 saturated carbocycles. The highest BCUT2D eigenvalue weighted by Gasteiger charge is 2.16. The van der Waals surface area contributed by atoms with Crippen LogP contribution in [0.5, 0.6) is 5.75 Å². The predicted octanol–water partition coefficient (Wildman–Crippen LogP) is 7.43. The first-order valence-corrected chi connectivity index (χ1v) is 16.1. The van der Waals surface area contributed by atoms with E-state index >= 15 is 0 Å². The minimum atomic E-state index is -3.51. The Morgan fingerprint density at radius 3 is 2.49 bits per heavy atom. The maximum atomic E-state index is 13.3. The molecule has 0 bridgehead atoms. The fraction of sp³-hybridized carbons (Fsp3) is 0.121. The normalized spacial score (nSPS) is 11.6. The summed E-state index contributed by atoms with van der Waals surface area (Å²) in [5, 5.41) is 12.9. The highest BCUT2D eigenvalue weighted by Crippen LogP contribution is 2.28. The molecule has 1 aromatic heterocycles. The maximum Gasteiger partial charge on any atom is 0.341 e. The van der Waals surface area contributed by atoms with Gasteiger partial charge in [-0.3, -0.25) is 4.79 Å². The third kappa shape index (κ3) is 8.51. The highest BCUT2D eigenvalue weighted by molar-refractivity contribution is 7.91. The number of halogens is 2. The van der Waals surface area contributed by atoms with Crippen LogP contribution in [-0.4, -0.2) is 42.7 Å². The van der Waals surface area contributed by atoms with E-state index in [-0.39, 0.29) is 22.1 Å². The Morgan fingerprint density at radius 1 is 0.933 bits per heavy atom. The first-order chi connectivity index (χ1) is 21.6. The molecule has 0 aliphatic rings. The molecule has 0 aliphatic heterocycles. The Bertz CT molecular complexity index is 2010. The van der Waals surface area contributed by atoms with Crippen molar-refractivity contribution in [3.63, 3.8) is 0 Å². The molecule has 4 aromatic carbocycles. The first kappa shape index (κ1) is 31.8. The number of amides is 1. The average molecular weight is 666 g/mol. The SMILES string of the molecule is O=C(O)COc1ccc(CCCS(=O)(=O)c2ccc(Cl)cc2)cc1NC(=O)c1cccc(/C=C/c2nc3cc(Cl)ccc3o2)c1. The van der Waals surface area contributed by atoms with Gasteiger partial charge in [0, 0.05) is 21.7 Å². The topological polar surface area (TPSA) is 136 Å². The van der Waals surface area contributed by atoms with Crippen molar-refractivity contribution in [1.29, 1.82) is 0 Å². The largest absolute Gasteiger partial charge is 0.480 e. The number of nitrogens with zero attached hydrogens (tertiary/aromatic N) is 1. The Labute approximate surface area is 269 Å². The number of sulfone groups is 1. The molecule has 0 fully saturated rings. The lowest BCUT2D eigenvalue weighted by molar-refractivity contribution is -0.139. The summed E-state index contributed by atoms with van der Waals surface area (Å²) >= 11 is 11.9. The third-order valence-corrected chi connectivity index (χ3v) is 8.93. The standard InChI is InChI=1S/C33H26Cl2N2O7S/c34-24-8-11-26(12-9-24)45(41,42)16-2-4-22-6-13-29(43-20-32(38)39)27(18-22)37-33(40)23-5-1-3-21(17-23)7-15-31-36-28-19-25(35)10-14-30(28)44-31/h1,3,5-15,17-19H,2,4,16,20H2,(H,37,40)(H,38,39)/b15-7+. The Kier molecular flexibility index (Phi) is 9.87. The average Bonchev–Trinajstić information content (AvgIpc) is 3.42. The van der Waals surface area contributed by atoms with Gasteiger partial charge in [-0.2, -0.15) is 0 Å². The molecule has 0 spiro atoms. The van der Waals surface area contributed by atoms with Crippen LogP contribution in [0.25, 0.3) is 23.3 Å². The molecular weight excluding hydrogens is 639 g/mol. The van der Waals surface area contributed by atoms with Crippen molar-refractivity contribution in [2.45, 2.75) is 17.7 Å². The van der Waals surface area contributed by atoms with Crippen LogP contribution in [0.2, 0.25) is 10.0 Å². The van der Waals surface area contributed by atoms with Gasteiger partial charge in [0.05, 0.1) is 16.3 Å². The second-order valence-electron chi connectivity index (χ2n) is 9.97. The molecule has 5 rings (SSSR count). The van der Waals surface area contributed by atoms with E-state index < -0.39 is 28.3 Å². The second-order valence-corrected chi connectivity index (χ2v) is 12.9. The van der Waals surface area contributed by atoms with E-state index in [9.17, 15) is 18.0 Å². The molecule has 12 heteroatoms. The van der Waals surface area contributed by atoms with Gasteiger partial charge in [0.1, 0.15) is 11.3 Å². The smallest absolute Gasteiger partial charge is 0.341 e. The van der Waals surface area contributed by atoms with Crippen LogP contribution in [0, 0.1) is 0 Å². The van der Waals surface area contributed by atoms with Crippen molar-refractivity contribution in [3.8, 4) is 5.75 Å². The monoisotopic (exact) mass is 664 g/mol. The number of hydrogen-bond acceptors (Lipinski definition) is 7. The second kappa shape index (κ2) is 14.0. The van der Waals surface area contributed by atoms with Crippen LogP contribution in [-0.2, 0) is 21.1 Å². The summed E-state index contributed by atoms with van der Waals surface area (Å²) in [5.74, 6) is -1.18. The fourth-order valence-electron chi connectivity index (χ4n) is 4.46. The molecule has 0 unspecified atom stereocenters. The molecular formula is C33H26Cl2N2O7S. The van der Waals surface area contributed by atoms with Gasteiger partial charge in [0.25, 0.3) is 5.91 Å². The summed E-state index contributed by atoms with van der Waals surface area (Å²) in [5.41, 5.74) is 3.26. The van der Waals surface area contributed by atoms with Gasteiger partial charge in [-0.15, -0.1) is 0 Å². The number of anilines is 1. The number of benzene rings is 4. The zero-order chi connectivity index (χ0) is 32.0. The summed E-state index contributed by atoms with van der Waals surface area (Å²) < 4.78 is 36.6. The molecule has 1 heterocycles. The molecule has 5 aromatic rings. The van der Waals surface area contributed by atoms with Gasteiger partial charge in [-0.1, -0.05) is 41.4 Å². The zero-order valence-corrected chi connectivity index (χ0v) is 25.9. The van der Waals surface area contributed by atoms with Crippen molar-refractivity contribution in [2.24, 2.45) is 0 Å². The van der Waals surface area contributed by atoms with Crippen molar-refractivity contribution in [2.75, 3.05) is 17.7 Å². The molecule has 0 atom stereocenters. The molecule has 0 aliphatic carbocycles. The van der Waals surface area contributed by atoms with Crippen LogP contribution in [0.3, 0.4) is 0 Å². The van der Waals surface area contributed by atoms with Gasteiger partial charge >= 0.3 is 5.97 Å². The quantitative estimate of drug-likeness (QED) is 0.141. The van der Waals surface area contributed by atoms with Crippen LogP contribution >= 0.6 is 23.2 Å². The summed E-state index contributed by atoms with van der Waals surface area (Å²) in [7, 11) is -3.51. The van der Waals surface area contributed by atoms with E-state index in [1.165, 1.54) is 24.3 Å². The number of carbonyl (C=O) groups is 2. The predicted molar refractivity (Wildman–Crippen MR) is 174 cm³/mol. The summed E-state index contributed by atoms with van der Waals surface area (Å²) in [6.07, 6.45) is 4.13. The molecule has 45 heavy (non-hydrogen) atoms. The number of carbonyl (C=O) groups excluding carboxylic acids is 1. The number of ether oxygens (including phenoxy) is 1. The number of oxazole rings is 1. The minimum absolute atomic E-state index is 0.0921. The number of carboxylic acids is 1. The van der Waals surface area contributed by atoms with Gasteiger partial charge < -0.3 is 19.6 Å². The Balaban J connectivity index is 1.29. The molecule has 0 radical (unpaired) electrons. The fourth-order valence-corrected chi connectivity index (χ4v) is 6.06. The van der Waals surface area contributed by atoms with E-state index in [0.717, 1.165) is 5.56 Å². The molecule has 0 saturated heterocycles. The molecule has 2 N–H and O–H groups in total. The number of aliphatic carboxylic acids is 1. The number of aryl methyl sites for hydroxylation is 1. The zero-order valence-electron chi connectivity index (χ0n) is 23.6. The number of carboxylic acid groups (broad SMARTS) is 1. The lowest BCUT2D eigenvalue weighted by Crippen LogP contribution is -2.15. The summed E-state index contributed by atoms with van der Waals surface area (Å²) in [6, 6.07) is 22.9. The number of hydrogen-bond donors (Lipinski definition) is 2. The van der Waals surface area contributed by atoms with E-state index in [1.54, 1.807) is 66.7 Å². The Morgan fingerprint density at radius 2 is 1.71 bits per heavy atom. The third-order valence-electron chi connectivity index (χ3n) is 6.63. The van der Waals surface area contributed by atoms with E-state index in [4.69, 9.17) is 37.5 Å². The lowest BCUT2D eigenvalue weighted by atomic mass is 10.1. The van der Waals surface area contributed by atoms with E-state index in [0.29, 0.717) is 51.0 Å². The van der Waals surface area contributed by atoms with Gasteiger partial charge in [0.2, 0.25) is 5.89 Å². The molecule has 9 nitrogen and oxygen atoms in total. The van der Waals surface area contributed by atoms with E-state index in [1.807, 2.05) is 6.07 Å². The van der Waals surface area contributed by atoms with Gasteiger partial charge in [-0.05, 0) is 96.8 Å². The van der Waals surface area contributed by atoms with Crippen molar-refractivity contribution >= 4 is 73.9 Å².